The van der Waals surface area contributed by atoms with Crippen molar-refractivity contribution in [3.63, 3.8) is 0 Å². The van der Waals surface area contributed by atoms with Gasteiger partial charge in [-0.05, 0) is 38.3 Å². The summed E-state index contributed by atoms with van der Waals surface area (Å²) in [5.41, 5.74) is -0.670. The van der Waals surface area contributed by atoms with Gasteiger partial charge in [-0.1, -0.05) is 0 Å². The lowest BCUT2D eigenvalue weighted by Crippen LogP contribution is -2.76. The molecule has 10 heteroatoms. The SMILES string of the molecule is Cc1cc(C(F)(F)F)nc(C)c1S(=O)(=O)N1CC2(CN(C3CC4(COC4)C3)C2)C1. The Bertz CT molecular complexity index is 930. The summed E-state index contributed by atoms with van der Waals surface area (Å²) in [6, 6.07) is 1.40. The molecule has 4 aliphatic rings. The first-order chi connectivity index (χ1) is 13.4. The Hall–Kier alpha value is -1.23. The van der Waals surface area contributed by atoms with Gasteiger partial charge < -0.3 is 4.74 Å². The molecule has 0 amide bonds. The highest BCUT2D eigenvalue weighted by molar-refractivity contribution is 7.89. The first-order valence-corrected chi connectivity index (χ1v) is 11.2. The average molecular weight is 431 g/mol. The van der Waals surface area contributed by atoms with Crippen LogP contribution in [0, 0.1) is 24.7 Å². The molecule has 6 nitrogen and oxygen atoms in total. The molecular weight excluding hydrogens is 407 g/mol. The largest absolute Gasteiger partial charge is 0.433 e. The fourth-order valence-electron chi connectivity index (χ4n) is 5.45. The van der Waals surface area contributed by atoms with E-state index in [0.717, 1.165) is 32.4 Å². The summed E-state index contributed by atoms with van der Waals surface area (Å²) in [6.07, 6.45) is -2.26. The highest BCUT2D eigenvalue weighted by atomic mass is 32.2. The van der Waals surface area contributed by atoms with Gasteiger partial charge in [-0.3, -0.25) is 4.90 Å². The number of hydrogen-bond donors (Lipinski definition) is 0. The summed E-state index contributed by atoms with van der Waals surface area (Å²) >= 11 is 0. The van der Waals surface area contributed by atoms with E-state index in [0.29, 0.717) is 24.5 Å². The smallest absolute Gasteiger partial charge is 0.380 e. The average Bonchev–Trinajstić information content (AvgIpc) is 2.41. The molecule has 1 aromatic heterocycles. The third-order valence-electron chi connectivity index (χ3n) is 6.99. The van der Waals surface area contributed by atoms with Crippen molar-refractivity contribution in [3.05, 3.63) is 23.0 Å². The maximum atomic E-state index is 13.0. The molecular formula is C19H24F3N3O3S. The van der Waals surface area contributed by atoms with E-state index in [1.165, 1.54) is 31.0 Å². The van der Waals surface area contributed by atoms with Crippen LogP contribution in [0.4, 0.5) is 13.2 Å². The van der Waals surface area contributed by atoms with Crippen LogP contribution >= 0.6 is 0 Å². The Labute approximate surface area is 168 Å². The summed E-state index contributed by atoms with van der Waals surface area (Å²) in [5, 5.41) is 0. The zero-order valence-electron chi connectivity index (χ0n) is 16.4. The summed E-state index contributed by atoms with van der Waals surface area (Å²) in [7, 11) is -3.85. The number of hydrogen-bond acceptors (Lipinski definition) is 5. The maximum absolute atomic E-state index is 13.0. The molecule has 0 bridgehead atoms. The number of aryl methyl sites for hydroxylation is 2. The van der Waals surface area contributed by atoms with Crippen molar-refractivity contribution < 1.29 is 26.3 Å². The van der Waals surface area contributed by atoms with Crippen LogP contribution in [0.2, 0.25) is 0 Å². The maximum Gasteiger partial charge on any atom is 0.433 e. The molecule has 2 spiro atoms. The number of rotatable bonds is 3. The third-order valence-corrected chi connectivity index (χ3v) is 9.06. The zero-order chi connectivity index (χ0) is 20.8. The van der Waals surface area contributed by atoms with Crippen LogP contribution in [0.3, 0.4) is 0 Å². The van der Waals surface area contributed by atoms with E-state index in [1.54, 1.807) is 0 Å². The van der Waals surface area contributed by atoms with Crippen molar-refractivity contribution >= 4 is 10.0 Å². The van der Waals surface area contributed by atoms with Crippen molar-refractivity contribution in [1.29, 1.82) is 0 Å². The monoisotopic (exact) mass is 431 g/mol. The predicted molar refractivity (Wildman–Crippen MR) is 97.8 cm³/mol. The van der Waals surface area contributed by atoms with Gasteiger partial charge in [-0.2, -0.15) is 17.5 Å². The third kappa shape index (κ3) is 2.94. The van der Waals surface area contributed by atoms with E-state index in [1.807, 2.05) is 0 Å². The van der Waals surface area contributed by atoms with Crippen molar-refractivity contribution in [2.45, 2.75) is 43.8 Å². The molecule has 1 aromatic rings. The molecule has 1 saturated carbocycles. The highest BCUT2D eigenvalue weighted by Crippen LogP contribution is 2.53. The molecule has 160 valence electrons. The Balaban J connectivity index is 1.24. The Kier molecular flexibility index (Phi) is 4.03. The zero-order valence-corrected chi connectivity index (χ0v) is 17.2. The van der Waals surface area contributed by atoms with Crippen LogP contribution in [0.15, 0.2) is 11.0 Å². The predicted octanol–water partition coefficient (Wildman–Crippen LogP) is 2.20. The Morgan fingerprint density at radius 3 is 2.21 bits per heavy atom. The van der Waals surface area contributed by atoms with Crippen molar-refractivity contribution in [1.82, 2.24) is 14.2 Å². The number of halogens is 3. The Morgan fingerprint density at radius 1 is 1.10 bits per heavy atom. The summed E-state index contributed by atoms with van der Waals surface area (Å²) in [6.45, 7) is 7.09. The number of pyridine rings is 1. The molecule has 0 unspecified atom stereocenters. The second-order valence-electron chi connectivity index (χ2n) is 9.47. The van der Waals surface area contributed by atoms with Crippen molar-refractivity contribution in [2.75, 3.05) is 39.4 Å². The van der Waals surface area contributed by atoms with Crippen molar-refractivity contribution in [2.24, 2.45) is 10.8 Å². The van der Waals surface area contributed by atoms with E-state index in [9.17, 15) is 21.6 Å². The van der Waals surface area contributed by atoms with Gasteiger partial charge >= 0.3 is 6.18 Å². The second kappa shape index (κ2) is 5.93. The minimum atomic E-state index is -4.60. The molecule has 0 atom stereocenters. The van der Waals surface area contributed by atoms with E-state index in [-0.39, 0.29) is 21.6 Å². The van der Waals surface area contributed by atoms with Crippen LogP contribution in [0.1, 0.15) is 29.8 Å². The molecule has 0 aromatic carbocycles. The van der Waals surface area contributed by atoms with Gasteiger partial charge in [-0.15, -0.1) is 0 Å². The van der Waals surface area contributed by atoms with E-state index in [2.05, 4.69) is 9.88 Å². The first-order valence-electron chi connectivity index (χ1n) is 9.81. The van der Waals surface area contributed by atoms with Gasteiger partial charge in [0.05, 0.1) is 18.9 Å². The van der Waals surface area contributed by atoms with Gasteiger partial charge in [0.2, 0.25) is 10.0 Å². The number of ether oxygens (including phenoxy) is 1. The van der Waals surface area contributed by atoms with E-state index in [4.69, 9.17) is 4.74 Å². The molecule has 4 fully saturated rings. The molecule has 5 rings (SSSR count). The summed E-state index contributed by atoms with van der Waals surface area (Å²) in [5.74, 6) is 0. The molecule has 4 heterocycles. The second-order valence-corrected chi connectivity index (χ2v) is 11.3. The fraction of sp³-hybridized carbons (Fsp3) is 0.737. The molecule has 0 radical (unpaired) electrons. The lowest BCUT2D eigenvalue weighted by Gasteiger charge is -2.65. The fourth-order valence-corrected chi connectivity index (χ4v) is 7.48. The molecule has 1 aliphatic carbocycles. The topological polar surface area (TPSA) is 62.7 Å². The normalized spacial score (nSPS) is 26.7. The summed E-state index contributed by atoms with van der Waals surface area (Å²) in [4.78, 5) is 5.85. The molecule has 3 saturated heterocycles. The van der Waals surface area contributed by atoms with Crippen molar-refractivity contribution in [3.8, 4) is 0 Å². The van der Waals surface area contributed by atoms with Gasteiger partial charge in [0.15, 0.2) is 0 Å². The number of likely N-dealkylation sites (tertiary alicyclic amines) is 1. The van der Waals surface area contributed by atoms with Crippen LogP contribution < -0.4 is 0 Å². The quantitative estimate of drug-likeness (QED) is 0.734. The molecule has 0 N–H and O–H groups in total. The number of aromatic nitrogens is 1. The lowest BCUT2D eigenvalue weighted by molar-refractivity contribution is -0.211. The van der Waals surface area contributed by atoms with Crippen LogP contribution in [0.25, 0.3) is 0 Å². The molecule has 3 aliphatic heterocycles. The summed E-state index contributed by atoms with van der Waals surface area (Å²) < 4.78 is 71.6. The van der Waals surface area contributed by atoms with Gasteiger partial charge in [0.1, 0.15) is 10.6 Å². The van der Waals surface area contributed by atoms with Crippen LogP contribution in [-0.2, 0) is 20.9 Å². The number of sulfonamides is 1. The molecule has 29 heavy (non-hydrogen) atoms. The number of alkyl halides is 3. The van der Waals surface area contributed by atoms with Crippen LogP contribution in [0.5, 0.6) is 0 Å². The van der Waals surface area contributed by atoms with Gasteiger partial charge in [-0.25, -0.2) is 13.4 Å². The minimum Gasteiger partial charge on any atom is -0.380 e. The van der Waals surface area contributed by atoms with E-state index >= 15 is 0 Å². The lowest BCUT2D eigenvalue weighted by atomic mass is 9.61. The first kappa shape index (κ1) is 19.7. The van der Waals surface area contributed by atoms with Gasteiger partial charge in [0.25, 0.3) is 0 Å². The minimum absolute atomic E-state index is 0.00686. The standard InChI is InChI=1S/C19H24F3N3O3S/c1-12-3-15(19(20,21)22)23-13(2)16(12)29(26,27)25-8-18(9-25)6-24(7-18)14-4-17(5-14)10-28-11-17/h3,14H,4-11H2,1-2H3. The Morgan fingerprint density at radius 2 is 1.72 bits per heavy atom. The highest BCUT2D eigenvalue weighted by Gasteiger charge is 2.60. The van der Waals surface area contributed by atoms with Gasteiger partial charge in [0, 0.05) is 43.1 Å². The van der Waals surface area contributed by atoms with E-state index < -0.39 is 21.9 Å². The van der Waals surface area contributed by atoms with Crippen LogP contribution in [-0.4, -0.2) is 68.0 Å². The number of nitrogens with zero attached hydrogens (tertiary/aromatic N) is 3.